The zero-order valence-electron chi connectivity index (χ0n) is 5.25. The molecule has 0 saturated heterocycles. The van der Waals surface area contributed by atoms with E-state index < -0.39 is 16.0 Å². The Morgan fingerprint density at radius 2 is 2.27 bits per heavy atom. The number of thiophene rings is 1. The summed E-state index contributed by atoms with van der Waals surface area (Å²) in [4.78, 5) is 0.493. The fourth-order valence-electron chi connectivity index (χ4n) is 0.585. The highest BCUT2D eigenvalue weighted by Gasteiger charge is 2.12. The van der Waals surface area contributed by atoms with Gasteiger partial charge in [0.25, 0.3) is 0 Å². The molecule has 0 aliphatic heterocycles. The smallest absolute Gasteiger partial charge is 0.194 e. The van der Waals surface area contributed by atoms with E-state index in [0.29, 0.717) is 9.35 Å². The minimum absolute atomic E-state index is 0.493. The third-order valence-corrected chi connectivity index (χ3v) is 3.74. The van der Waals surface area contributed by atoms with Crippen molar-refractivity contribution in [2.45, 2.75) is 5.75 Å². The Morgan fingerprint density at radius 3 is 2.64 bits per heavy atom. The highest BCUT2D eigenvalue weighted by molar-refractivity contribution is 9.10. The molecule has 11 heavy (non-hydrogen) atoms. The Bertz CT molecular complexity index is 343. The van der Waals surface area contributed by atoms with E-state index in [9.17, 15) is 12.3 Å². The second kappa shape index (κ2) is 3.20. The lowest BCUT2D eigenvalue weighted by Gasteiger charge is -1.91. The van der Waals surface area contributed by atoms with E-state index in [1.165, 1.54) is 11.3 Å². The van der Waals surface area contributed by atoms with Crippen LogP contribution in [0.1, 0.15) is 4.88 Å². The van der Waals surface area contributed by atoms with Crippen LogP contribution < -0.4 is 0 Å². The highest BCUT2D eigenvalue weighted by Crippen LogP contribution is 2.24. The fraction of sp³-hybridized carbons (Fsp3) is 0.200. The SMILES string of the molecule is O=S(=O)(F)Cc1sccc1Br. The van der Waals surface area contributed by atoms with Crippen molar-refractivity contribution in [3.05, 3.63) is 20.8 Å². The predicted octanol–water partition coefficient (Wildman–Crippen LogP) is 2.31. The minimum Gasteiger partial charge on any atom is -0.194 e. The first-order chi connectivity index (χ1) is 4.99. The number of hydrogen-bond acceptors (Lipinski definition) is 3. The van der Waals surface area contributed by atoms with Crippen LogP contribution in [0, 0.1) is 0 Å². The summed E-state index contributed by atoms with van der Waals surface area (Å²) in [7, 11) is -4.39. The van der Waals surface area contributed by atoms with Gasteiger partial charge in [0.05, 0.1) is 0 Å². The van der Waals surface area contributed by atoms with Gasteiger partial charge in [0.2, 0.25) is 0 Å². The third kappa shape index (κ3) is 2.88. The fourth-order valence-corrected chi connectivity index (χ4v) is 3.21. The van der Waals surface area contributed by atoms with E-state index in [1.54, 1.807) is 11.4 Å². The maximum atomic E-state index is 12.1. The van der Waals surface area contributed by atoms with Crippen LogP contribution in [0.3, 0.4) is 0 Å². The quantitative estimate of drug-likeness (QED) is 0.764. The molecule has 0 aliphatic rings. The molecule has 0 fully saturated rings. The topological polar surface area (TPSA) is 34.1 Å². The minimum atomic E-state index is -4.39. The van der Waals surface area contributed by atoms with Gasteiger partial charge in [0, 0.05) is 9.35 Å². The van der Waals surface area contributed by atoms with E-state index in [4.69, 9.17) is 0 Å². The Balaban J connectivity index is 2.89. The maximum Gasteiger partial charge on any atom is 0.307 e. The third-order valence-electron chi connectivity index (χ3n) is 0.995. The van der Waals surface area contributed by atoms with E-state index in [-0.39, 0.29) is 0 Å². The monoisotopic (exact) mass is 258 g/mol. The summed E-state index contributed by atoms with van der Waals surface area (Å²) in [6.45, 7) is 0. The lowest BCUT2D eigenvalue weighted by Crippen LogP contribution is -1.93. The second-order valence-corrected chi connectivity index (χ2v) is 5.10. The molecule has 1 aromatic rings. The molecule has 0 radical (unpaired) electrons. The van der Waals surface area contributed by atoms with Gasteiger partial charge >= 0.3 is 10.2 Å². The van der Waals surface area contributed by atoms with Gasteiger partial charge in [-0.25, -0.2) is 0 Å². The van der Waals surface area contributed by atoms with Crippen molar-refractivity contribution in [1.82, 2.24) is 0 Å². The molecule has 0 aliphatic carbocycles. The average Bonchev–Trinajstić information content (AvgIpc) is 2.12. The van der Waals surface area contributed by atoms with Crippen LogP contribution in [0.2, 0.25) is 0 Å². The van der Waals surface area contributed by atoms with Gasteiger partial charge in [-0.05, 0) is 27.4 Å². The Morgan fingerprint density at radius 1 is 1.64 bits per heavy atom. The molecule has 0 aromatic carbocycles. The van der Waals surface area contributed by atoms with Gasteiger partial charge in [-0.2, -0.15) is 8.42 Å². The molecule has 62 valence electrons. The van der Waals surface area contributed by atoms with Crippen LogP contribution in [0.25, 0.3) is 0 Å². The summed E-state index contributed by atoms with van der Waals surface area (Å²) in [6.07, 6.45) is 0. The average molecular weight is 259 g/mol. The van der Waals surface area contributed by atoms with Gasteiger partial charge in [-0.15, -0.1) is 15.2 Å². The molecule has 0 saturated carbocycles. The summed E-state index contributed by atoms with van der Waals surface area (Å²) in [5, 5.41) is 1.70. The molecule has 6 heteroatoms. The van der Waals surface area contributed by atoms with E-state index in [0.717, 1.165) is 0 Å². The molecule has 0 unspecified atom stereocenters. The van der Waals surface area contributed by atoms with Gasteiger partial charge in [-0.3, -0.25) is 0 Å². The summed E-state index contributed by atoms with van der Waals surface area (Å²) < 4.78 is 33.1. The summed E-state index contributed by atoms with van der Waals surface area (Å²) in [5.74, 6) is -0.536. The Hall–Kier alpha value is 0.0600. The molecule has 1 rings (SSSR count). The largest absolute Gasteiger partial charge is 0.307 e. The zero-order valence-corrected chi connectivity index (χ0v) is 8.47. The second-order valence-electron chi connectivity index (χ2n) is 1.87. The van der Waals surface area contributed by atoms with E-state index in [2.05, 4.69) is 15.9 Å². The lowest BCUT2D eigenvalue weighted by molar-refractivity contribution is 0.551. The van der Waals surface area contributed by atoms with Crippen LogP contribution in [0.4, 0.5) is 3.89 Å². The Kier molecular flexibility index (Phi) is 2.66. The molecule has 2 nitrogen and oxygen atoms in total. The molecule has 0 atom stereocenters. The molecule has 0 amide bonds. The van der Waals surface area contributed by atoms with Gasteiger partial charge in [0.15, 0.2) is 0 Å². The molecule has 1 aromatic heterocycles. The lowest BCUT2D eigenvalue weighted by atomic mass is 10.5. The van der Waals surface area contributed by atoms with Crippen molar-refractivity contribution in [2.24, 2.45) is 0 Å². The van der Waals surface area contributed by atoms with Gasteiger partial charge < -0.3 is 0 Å². The normalized spacial score (nSPS) is 11.8. The number of hydrogen-bond donors (Lipinski definition) is 0. The molecule has 0 N–H and O–H groups in total. The van der Waals surface area contributed by atoms with Gasteiger partial charge in [0.1, 0.15) is 5.75 Å². The van der Waals surface area contributed by atoms with Gasteiger partial charge in [-0.1, -0.05) is 0 Å². The van der Waals surface area contributed by atoms with Crippen LogP contribution in [-0.2, 0) is 16.0 Å². The van der Waals surface area contributed by atoms with E-state index in [1.807, 2.05) is 0 Å². The molecule has 1 heterocycles. The summed E-state index contributed by atoms with van der Waals surface area (Å²) >= 11 is 4.31. The first-order valence-electron chi connectivity index (χ1n) is 2.63. The number of rotatable bonds is 2. The highest BCUT2D eigenvalue weighted by atomic mass is 79.9. The first-order valence-corrected chi connectivity index (χ1v) is 5.86. The van der Waals surface area contributed by atoms with Crippen molar-refractivity contribution in [1.29, 1.82) is 0 Å². The van der Waals surface area contributed by atoms with Crippen LogP contribution in [-0.4, -0.2) is 8.42 Å². The van der Waals surface area contributed by atoms with Crippen LogP contribution >= 0.6 is 27.3 Å². The van der Waals surface area contributed by atoms with Crippen molar-refractivity contribution in [3.63, 3.8) is 0 Å². The van der Waals surface area contributed by atoms with Crippen LogP contribution in [0.5, 0.6) is 0 Å². The zero-order chi connectivity index (χ0) is 8.48. The molecule has 0 bridgehead atoms. The standard InChI is InChI=1S/C5H4BrFO2S2/c6-4-1-2-10-5(4)3-11(7,8)9/h1-2H,3H2. The van der Waals surface area contributed by atoms with Crippen LogP contribution in [0.15, 0.2) is 15.9 Å². The predicted molar refractivity (Wildman–Crippen MR) is 45.8 cm³/mol. The molecule has 0 spiro atoms. The van der Waals surface area contributed by atoms with Crippen molar-refractivity contribution in [2.75, 3.05) is 0 Å². The van der Waals surface area contributed by atoms with Crippen molar-refractivity contribution in [3.8, 4) is 0 Å². The van der Waals surface area contributed by atoms with Crippen molar-refractivity contribution >= 4 is 37.5 Å². The van der Waals surface area contributed by atoms with Crippen molar-refractivity contribution < 1.29 is 12.3 Å². The Labute approximate surface area is 76.4 Å². The number of halogens is 2. The summed E-state index contributed by atoms with van der Waals surface area (Å²) in [6, 6.07) is 1.69. The summed E-state index contributed by atoms with van der Waals surface area (Å²) in [5.41, 5.74) is 0. The maximum absolute atomic E-state index is 12.1. The van der Waals surface area contributed by atoms with E-state index >= 15 is 0 Å². The first kappa shape index (κ1) is 9.15. The molecular formula is C5H4BrFO2S2. The molecular weight excluding hydrogens is 255 g/mol.